The molecule has 6 nitrogen and oxygen atoms in total. The number of phenols is 1. The van der Waals surface area contributed by atoms with E-state index in [-0.39, 0.29) is 5.75 Å². The molecule has 0 unspecified atom stereocenters. The van der Waals surface area contributed by atoms with Crippen molar-refractivity contribution in [1.29, 1.82) is 0 Å². The van der Waals surface area contributed by atoms with Gasteiger partial charge < -0.3 is 28.8 Å². The van der Waals surface area contributed by atoms with Crippen LogP contribution >= 0.6 is 0 Å². The van der Waals surface area contributed by atoms with E-state index in [9.17, 15) is 5.11 Å². The normalized spacial score (nSPS) is 10.3. The maximum Gasteiger partial charge on any atom is 0.203 e. The third-order valence-corrected chi connectivity index (χ3v) is 4.50. The van der Waals surface area contributed by atoms with Gasteiger partial charge in [-0.05, 0) is 47.2 Å². The van der Waals surface area contributed by atoms with Crippen molar-refractivity contribution < 1.29 is 28.8 Å². The predicted octanol–water partition coefficient (Wildman–Crippen LogP) is 5.37. The quantitative estimate of drug-likeness (QED) is 0.667. The van der Waals surface area contributed by atoms with Gasteiger partial charge in [0.25, 0.3) is 0 Å². The smallest absolute Gasteiger partial charge is 0.203 e. The van der Waals surface area contributed by atoms with Crippen LogP contribution in [0.3, 0.4) is 0 Å². The number of hydrogen-bond donors (Lipinski definition) is 1. The molecule has 0 aliphatic rings. The van der Waals surface area contributed by atoms with Crippen molar-refractivity contribution in [2.24, 2.45) is 0 Å². The number of methoxy groups -OCH3 is 5. The van der Waals surface area contributed by atoms with E-state index < -0.39 is 0 Å². The lowest BCUT2D eigenvalue weighted by Gasteiger charge is -2.15. The molecule has 2 aromatic carbocycles. The van der Waals surface area contributed by atoms with Gasteiger partial charge in [-0.2, -0.15) is 0 Å². The molecule has 0 amide bonds. The molecular formula is C23H34O6. The van der Waals surface area contributed by atoms with Crippen molar-refractivity contribution in [2.75, 3.05) is 35.5 Å². The second kappa shape index (κ2) is 11.3. The van der Waals surface area contributed by atoms with E-state index in [1.54, 1.807) is 34.5 Å². The number of benzene rings is 2. The van der Waals surface area contributed by atoms with Crippen LogP contribution < -0.4 is 23.7 Å². The highest BCUT2D eigenvalue weighted by Gasteiger charge is 2.14. The minimum Gasteiger partial charge on any atom is -0.504 e. The molecule has 29 heavy (non-hydrogen) atoms. The molecule has 2 rings (SSSR count). The molecule has 0 aliphatic heterocycles. The average Bonchev–Trinajstić information content (AvgIpc) is 2.71. The zero-order chi connectivity index (χ0) is 22.1. The van der Waals surface area contributed by atoms with Gasteiger partial charge in [-0.1, -0.05) is 27.7 Å². The maximum atomic E-state index is 9.65. The van der Waals surface area contributed by atoms with E-state index in [2.05, 4.69) is 27.7 Å². The van der Waals surface area contributed by atoms with Crippen molar-refractivity contribution in [1.82, 2.24) is 0 Å². The molecule has 0 aliphatic carbocycles. The minimum absolute atomic E-state index is 0.121. The first-order valence-electron chi connectivity index (χ1n) is 9.48. The minimum atomic E-state index is 0.121. The fourth-order valence-electron chi connectivity index (χ4n) is 2.73. The van der Waals surface area contributed by atoms with Crippen LogP contribution in [0.2, 0.25) is 0 Å². The first kappa shape index (κ1) is 24.3. The second-order valence-electron chi connectivity index (χ2n) is 7.04. The SMILES string of the molecule is COc1cc(C(C)C)cc(O)c1OC.COc1cc(C(C)C)cc(OC)c1OC. The zero-order valence-corrected chi connectivity index (χ0v) is 19.0. The van der Waals surface area contributed by atoms with Crippen LogP contribution in [0.5, 0.6) is 34.5 Å². The van der Waals surface area contributed by atoms with E-state index in [4.69, 9.17) is 23.7 Å². The summed E-state index contributed by atoms with van der Waals surface area (Å²) in [7, 11) is 7.92. The lowest BCUT2D eigenvalue weighted by molar-refractivity contribution is 0.323. The summed E-state index contributed by atoms with van der Waals surface area (Å²) in [4.78, 5) is 0. The van der Waals surface area contributed by atoms with Gasteiger partial charge in [-0.3, -0.25) is 0 Å². The molecular weight excluding hydrogens is 372 g/mol. The molecule has 2 aromatic rings. The summed E-state index contributed by atoms with van der Waals surface area (Å²) >= 11 is 0. The van der Waals surface area contributed by atoms with Crippen molar-refractivity contribution in [3.63, 3.8) is 0 Å². The van der Waals surface area contributed by atoms with E-state index >= 15 is 0 Å². The lowest BCUT2D eigenvalue weighted by Crippen LogP contribution is -1.97. The maximum absolute atomic E-state index is 9.65. The third-order valence-electron chi connectivity index (χ3n) is 4.50. The molecule has 0 fully saturated rings. The first-order chi connectivity index (χ1) is 13.7. The van der Waals surface area contributed by atoms with Gasteiger partial charge in [0.15, 0.2) is 23.0 Å². The predicted molar refractivity (Wildman–Crippen MR) is 115 cm³/mol. The van der Waals surface area contributed by atoms with Crippen LogP contribution in [0.25, 0.3) is 0 Å². The summed E-state index contributed by atoms with van der Waals surface area (Å²) in [6, 6.07) is 7.53. The molecule has 0 bridgehead atoms. The molecule has 0 radical (unpaired) electrons. The molecule has 6 heteroatoms. The summed E-state index contributed by atoms with van der Waals surface area (Å²) in [5.74, 6) is 3.91. The van der Waals surface area contributed by atoms with Crippen molar-refractivity contribution >= 4 is 0 Å². The van der Waals surface area contributed by atoms with Crippen LogP contribution in [0.4, 0.5) is 0 Å². The zero-order valence-electron chi connectivity index (χ0n) is 19.0. The number of ether oxygens (including phenoxy) is 5. The standard InChI is InChI=1S/C12H18O3.C11H16O3/c1-8(2)9-6-10(13-3)12(15-5)11(7-9)14-4;1-7(2)8-5-9(12)11(14-4)10(6-8)13-3/h6-8H,1-5H3;5-7,12H,1-4H3. The van der Waals surface area contributed by atoms with Gasteiger partial charge in [-0.15, -0.1) is 0 Å². The second-order valence-corrected chi connectivity index (χ2v) is 7.04. The van der Waals surface area contributed by atoms with Gasteiger partial charge in [0.1, 0.15) is 0 Å². The Hall–Kier alpha value is -2.76. The van der Waals surface area contributed by atoms with E-state index in [1.165, 1.54) is 12.7 Å². The molecule has 0 heterocycles. The van der Waals surface area contributed by atoms with Crippen LogP contribution in [0, 0.1) is 0 Å². The fourth-order valence-corrected chi connectivity index (χ4v) is 2.73. The van der Waals surface area contributed by atoms with Crippen molar-refractivity contribution in [2.45, 2.75) is 39.5 Å². The van der Waals surface area contributed by atoms with Crippen LogP contribution in [0.15, 0.2) is 24.3 Å². The average molecular weight is 407 g/mol. The van der Waals surface area contributed by atoms with Gasteiger partial charge in [-0.25, -0.2) is 0 Å². The number of phenolic OH excluding ortho intramolecular Hbond substituents is 1. The highest BCUT2D eigenvalue weighted by atomic mass is 16.5. The molecule has 0 aromatic heterocycles. The fraction of sp³-hybridized carbons (Fsp3) is 0.478. The molecule has 0 atom stereocenters. The molecule has 0 saturated heterocycles. The first-order valence-corrected chi connectivity index (χ1v) is 9.48. The molecule has 0 spiro atoms. The monoisotopic (exact) mass is 406 g/mol. The largest absolute Gasteiger partial charge is 0.504 e. The van der Waals surface area contributed by atoms with E-state index in [1.807, 2.05) is 18.2 Å². The Morgan fingerprint density at radius 3 is 1.21 bits per heavy atom. The van der Waals surface area contributed by atoms with Crippen LogP contribution in [0.1, 0.15) is 50.7 Å². The highest BCUT2D eigenvalue weighted by Crippen LogP contribution is 2.40. The van der Waals surface area contributed by atoms with E-state index in [0.29, 0.717) is 40.6 Å². The number of hydrogen-bond acceptors (Lipinski definition) is 6. The molecule has 0 saturated carbocycles. The number of aromatic hydroxyl groups is 1. The Morgan fingerprint density at radius 2 is 0.897 bits per heavy atom. The van der Waals surface area contributed by atoms with Gasteiger partial charge >= 0.3 is 0 Å². The van der Waals surface area contributed by atoms with Gasteiger partial charge in [0.2, 0.25) is 11.5 Å². The summed E-state index contributed by atoms with van der Waals surface area (Å²) in [6.45, 7) is 8.36. The van der Waals surface area contributed by atoms with E-state index in [0.717, 1.165) is 5.56 Å². The Bertz CT molecular complexity index is 758. The van der Waals surface area contributed by atoms with Gasteiger partial charge in [0.05, 0.1) is 35.5 Å². The van der Waals surface area contributed by atoms with Crippen LogP contribution in [-0.2, 0) is 0 Å². The Morgan fingerprint density at radius 1 is 0.552 bits per heavy atom. The Labute approximate surface area is 174 Å². The number of rotatable bonds is 7. The Kier molecular flexibility index (Phi) is 9.45. The summed E-state index contributed by atoms with van der Waals surface area (Å²) in [5.41, 5.74) is 2.20. The molecule has 1 N–H and O–H groups in total. The lowest BCUT2D eigenvalue weighted by atomic mass is 10.0. The molecule has 162 valence electrons. The topological polar surface area (TPSA) is 66.4 Å². The summed E-state index contributed by atoms with van der Waals surface area (Å²) in [6.07, 6.45) is 0. The third kappa shape index (κ3) is 6.11. The van der Waals surface area contributed by atoms with Crippen molar-refractivity contribution in [3.05, 3.63) is 35.4 Å². The summed E-state index contributed by atoms with van der Waals surface area (Å²) in [5, 5.41) is 9.65. The Balaban J connectivity index is 0.000000291. The summed E-state index contributed by atoms with van der Waals surface area (Å²) < 4.78 is 25.9. The highest BCUT2D eigenvalue weighted by molar-refractivity contribution is 5.54. The van der Waals surface area contributed by atoms with Gasteiger partial charge in [0, 0.05) is 0 Å². The van der Waals surface area contributed by atoms with Crippen LogP contribution in [-0.4, -0.2) is 40.7 Å². The van der Waals surface area contributed by atoms with Crippen molar-refractivity contribution in [3.8, 4) is 34.5 Å².